The molecule has 1 unspecified atom stereocenters. The number of aromatic nitrogens is 1. The lowest BCUT2D eigenvalue weighted by atomic mass is 9.89. The summed E-state index contributed by atoms with van der Waals surface area (Å²) in [7, 11) is 0. The average Bonchev–Trinajstić information content (AvgIpc) is 3.12. The van der Waals surface area contributed by atoms with Crippen molar-refractivity contribution in [2.45, 2.75) is 44.6 Å². The van der Waals surface area contributed by atoms with E-state index in [0.717, 1.165) is 45.3 Å². The van der Waals surface area contributed by atoms with E-state index >= 15 is 0 Å². The van der Waals surface area contributed by atoms with Gasteiger partial charge in [-0.1, -0.05) is 18.2 Å². The quantitative estimate of drug-likeness (QED) is 0.854. The van der Waals surface area contributed by atoms with E-state index in [2.05, 4.69) is 45.7 Å². The van der Waals surface area contributed by atoms with Crippen molar-refractivity contribution in [2.24, 2.45) is 0 Å². The van der Waals surface area contributed by atoms with Gasteiger partial charge in [-0.25, -0.2) is 0 Å². The summed E-state index contributed by atoms with van der Waals surface area (Å²) >= 11 is 0. The number of hydrogen-bond donors (Lipinski definition) is 2. The number of carbonyl (C=O) groups excluding carboxylic acids is 2. The standard InChI is InChI=1S/C22H30N4O2/c1-16(27)24-18-5-4-10-26(14-18)22(28)15-25-11-8-17(9-12-25)20-13-23-21-7-3-2-6-19(20)21/h2-3,6-7,13,17-18,23H,4-5,8-12,14-15H2,1H3,(H,24,27). The Bertz CT molecular complexity index is 838. The Labute approximate surface area is 166 Å². The number of amides is 2. The maximum absolute atomic E-state index is 12.7. The number of aromatic amines is 1. The molecule has 150 valence electrons. The first-order chi connectivity index (χ1) is 13.6. The van der Waals surface area contributed by atoms with Crippen molar-refractivity contribution in [3.63, 3.8) is 0 Å². The average molecular weight is 383 g/mol. The number of piperidine rings is 2. The highest BCUT2D eigenvalue weighted by atomic mass is 16.2. The molecule has 1 aromatic heterocycles. The van der Waals surface area contributed by atoms with Gasteiger partial charge in [0.15, 0.2) is 0 Å². The third-order valence-electron chi connectivity index (χ3n) is 6.19. The highest BCUT2D eigenvalue weighted by molar-refractivity contribution is 5.83. The molecular formula is C22H30N4O2. The molecule has 4 rings (SSSR count). The number of likely N-dealkylation sites (tertiary alicyclic amines) is 2. The molecule has 3 heterocycles. The van der Waals surface area contributed by atoms with E-state index < -0.39 is 0 Å². The van der Waals surface area contributed by atoms with Crippen LogP contribution in [0.1, 0.15) is 44.1 Å². The van der Waals surface area contributed by atoms with E-state index in [0.29, 0.717) is 19.0 Å². The first kappa shape index (κ1) is 19.0. The zero-order valence-electron chi connectivity index (χ0n) is 16.6. The zero-order valence-corrected chi connectivity index (χ0v) is 16.6. The second-order valence-corrected chi connectivity index (χ2v) is 8.22. The highest BCUT2D eigenvalue weighted by Crippen LogP contribution is 2.33. The zero-order chi connectivity index (χ0) is 19.5. The summed E-state index contributed by atoms with van der Waals surface area (Å²) in [6, 6.07) is 8.58. The molecule has 2 fully saturated rings. The van der Waals surface area contributed by atoms with Crippen LogP contribution in [-0.4, -0.2) is 65.4 Å². The van der Waals surface area contributed by atoms with Crippen LogP contribution in [0.2, 0.25) is 0 Å². The first-order valence-corrected chi connectivity index (χ1v) is 10.4. The van der Waals surface area contributed by atoms with Crippen molar-refractivity contribution >= 4 is 22.7 Å². The molecule has 0 spiro atoms. The number of hydrogen-bond acceptors (Lipinski definition) is 3. The molecule has 2 saturated heterocycles. The Hall–Kier alpha value is -2.34. The van der Waals surface area contributed by atoms with Gasteiger partial charge in [-0.15, -0.1) is 0 Å². The molecule has 0 bridgehead atoms. The van der Waals surface area contributed by atoms with Crippen molar-refractivity contribution in [2.75, 3.05) is 32.7 Å². The minimum Gasteiger partial charge on any atom is -0.361 e. The second kappa shape index (κ2) is 8.35. The predicted molar refractivity (Wildman–Crippen MR) is 110 cm³/mol. The van der Waals surface area contributed by atoms with Gasteiger partial charge >= 0.3 is 0 Å². The van der Waals surface area contributed by atoms with E-state index in [1.54, 1.807) is 6.92 Å². The molecule has 0 radical (unpaired) electrons. The maximum atomic E-state index is 12.7. The molecule has 2 aromatic rings. The number of nitrogens with zero attached hydrogens (tertiary/aromatic N) is 2. The fourth-order valence-corrected chi connectivity index (χ4v) is 4.73. The molecule has 2 amide bonds. The molecule has 1 atom stereocenters. The molecule has 2 aliphatic rings. The Kier molecular flexibility index (Phi) is 5.67. The largest absolute Gasteiger partial charge is 0.361 e. The molecule has 6 heteroatoms. The van der Waals surface area contributed by atoms with Gasteiger partial charge in [-0.05, 0) is 56.3 Å². The molecule has 2 aliphatic heterocycles. The SMILES string of the molecule is CC(=O)NC1CCCN(C(=O)CN2CCC(c3c[nH]c4ccccc34)CC2)C1. The summed E-state index contributed by atoms with van der Waals surface area (Å²) in [5.74, 6) is 0.737. The summed E-state index contributed by atoms with van der Waals surface area (Å²) in [6.45, 7) is 5.40. The van der Waals surface area contributed by atoms with E-state index in [9.17, 15) is 9.59 Å². The van der Waals surface area contributed by atoms with E-state index in [-0.39, 0.29) is 17.9 Å². The summed E-state index contributed by atoms with van der Waals surface area (Å²) < 4.78 is 0. The summed E-state index contributed by atoms with van der Waals surface area (Å²) in [5, 5.41) is 4.28. The van der Waals surface area contributed by atoms with Crippen LogP contribution >= 0.6 is 0 Å². The lowest BCUT2D eigenvalue weighted by molar-refractivity contribution is -0.134. The van der Waals surface area contributed by atoms with Gasteiger partial charge < -0.3 is 15.2 Å². The molecular weight excluding hydrogens is 352 g/mol. The highest BCUT2D eigenvalue weighted by Gasteiger charge is 2.28. The van der Waals surface area contributed by atoms with Gasteiger partial charge in [0.05, 0.1) is 6.54 Å². The van der Waals surface area contributed by atoms with Crippen LogP contribution < -0.4 is 5.32 Å². The minimum absolute atomic E-state index is 0.0151. The Morgan fingerprint density at radius 3 is 2.71 bits per heavy atom. The van der Waals surface area contributed by atoms with Gasteiger partial charge in [0.2, 0.25) is 11.8 Å². The van der Waals surface area contributed by atoms with Crippen molar-refractivity contribution in [3.8, 4) is 0 Å². The van der Waals surface area contributed by atoms with Crippen LogP contribution in [0, 0.1) is 0 Å². The second-order valence-electron chi connectivity index (χ2n) is 8.22. The normalized spacial score (nSPS) is 21.8. The minimum atomic E-state index is -0.0151. The van der Waals surface area contributed by atoms with Gasteiger partial charge in [0.1, 0.15) is 0 Å². The fourth-order valence-electron chi connectivity index (χ4n) is 4.73. The van der Waals surface area contributed by atoms with Crippen molar-refractivity contribution in [1.82, 2.24) is 20.1 Å². The van der Waals surface area contributed by atoms with Crippen LogP contribution in [-0.2, 0) is 9.59 Å². The number of benzene rings is 1. The Morgan fingerprint density at radius 2 is 1.93 bits per heavy atom. The van der Waals surface area contributed by atoms with Gasteiger partial charge in [-0.3, -0.25) is 14.5 Å². The lowest BCUT2D eigenvalue weighted by Gasteiger charge is -2.36. The Morgan fingerprint density at radius 1 is 1.14 bits per heavy atom. The van der Waals surface area contributed by atoms with Crippen molar-refractivity contribution < 1.29 is 9.59 Å². The molecule has 0 aliphatic carbocycles. The fraction of sp³-hybridized carbons (Fsp3) is 0.545. The summed E-state index contributed by atoms with van der Waals surface area (Å²) in [5.41, 5.74) is 2.62. The molecule has 1 aromatic carbocycles. The Balaban J connectivity index is 1.29. The lowest BCUT2D eigenvalue weighted by Crippen LogP contribution is -2.51. The molecule has 0 saturated carbocycles. The number of H-pyrrole nitrogens is 1. The van der Waals surface area contributed by atoms with Crippen LogP contribution in [0.25, 0.3) is 10.9 Å². The monoisotopic (exact) mass is 382 g/mol. The predicted octanol–water partition coefficient (Wildman–Crippen LogP) is 2.47. The molecule has 6 nitrogen and oxygen atoms in total. The van der Waals surface area contributed by atoms with Crippen LogP contribution in [0.3, 0.4) is 0 Å². The number of para-hydroxylation sites is 1. The molecule has 28 heavy (non-hydrogen) atoms. The number of rotatable bonds is 4. The van der Waals surface area contributed by atoms with Crippen LogP contribution in [0.5, 0.6) is 0 Å². The van der Waals surface area contributed by atoms with Crippen molar-refractivity contribution in [3.05, 3.63) is 36.0 Å². The molecule has 2 N–H and O–H groups in total. The van der Waals surface area contributed by atoms with E-state index in [1.165, 1.54) is 16.5 Å². The smallest absolute Gasteiger partial charge is 0.236 e. The van der Waals surface area contributed by atoms with Gasteiger partial charge in [0, 0.05) is 43.2 Å². The number of fused-ring (bicyclic) bond motifs is 1. The van der Waals surface area contributed by atoms with Crippen LogP contribution in [0.4, 0.5) is 0 Å². The topological polar surface area (TPSA) is 68.4 Å². The van der Waals surface area contributed by atoms with Crippen LogP contribution in [0.15, 0.2) is 30.5 Å². The van der Waals surface area contributed by atoms with Crippen molar-refractivity contribution in [1.29, 1.82) is 0 Å². The summed E-state index contributed by atoms with van der Waals surface area (Å²) in [6.07, 6.45) is 6.25. The van der Waals surface area contributed by atoms with E-state index in [1.807, 2.05) is 4.90 Å². The number of carbonyl (C=O) groups is 2. The van der Waals surface area contributed by atoms with Gasteiger partial charge in [-0.2, -0.15) is 0 Å². The first-order valence-electron chi connectivity index (χ1n) is 10.4. The third kappa shape index (κ3) is 4.22. The summed E-state index contributed by atoms with van der Waals surface area (Å²) in [4.78, 5) is 31.6. The van der Waals surface area contributed by atoms with Gasteiger partial charge in [0.25, 0.3) is 0 Å². The number of nitrogens with one attached hydrogen (secondary N) is 2. The third-order valence-corrected chi connectivity index (χ3v) is 6.19. The maximum Gasteiger partial charge on any atom is 0.236 e. The van der Waals surface area contributed by atoms with E-state index in [4.69, 9.17) is 0 Å².